The van der Waals surface area contributed by atoms with Gasteiger partial charge in [0.15, 0.2) is 16.6 Å². The van der Waals surface area contributed by atoms with Crippen LogP contribution in [0.4, 0.5) is 5.69 Å². The third kappa shape index (κ3) is 6.59. The van der Waals surface area contributed by atoms with Gasteiger partial charge in [-0.05, 0) is 54.5 Å². The van der Waals surface area contributed by atoms with Crippen LogP contribution in [0.2, 0.25) is 0 Å². The second-order valence-corrected chi connectivity index (χ2v) is 6.18. The third-order valence-corrected chi connectivity index (χ3v) is 3.84. The number of carbonyl (C=O) groups excluding carboxylic acids is 1. The van der Waals surface area contributed by atoms with Crippen molar-refractivity contribution in [1.82, 2.24) is 5.32 Å². The van der Waals surface area contributed by atoms with E-state index in [0.717, 1.165) is 23.4 Å². The van der Waals surface area contributed by atoms with Crippen molar-refractivity contribution in [3.63, 3.8) is 0 Å². The molecule has 0 aliphatic carbocycles. The van der Waals surface area contributed by atoms with E-state index in [1.165, 1.54) is 6.08 Å². The molecule has 2 aromatic rings. The maximum absolute atomic E-state index is 12.1. The molecule has 2 N–H and O–H groups in total. The molecule has 0 atom stereocenters. The first-order valence-corrected chi connectivity index (χ1v) is 9.21. The molecule has 7 heteroatoms. The van der Waals surface area contributed by atoms with Crippen molar-refractivity contribution < 1.29 is 19.0 Å². The van der Waals surface area contributed by atoms with Gasteiger partial charge in [0.1, 0.15) is 5.75 Å². The van der Waals surface area contributed by atoms with E-state index in [2.05, 4.69) is 10.6 Å². The number of hydrogen-bond acceptors (Lipinski definition) is 5. The molecule has 0 aliphatic rings. The highest BCUT2D eigenvalue weighted by atomic mass is 32.1. The van der Waals surface area contributed by atoms with E-state index < -0.39 is 0 Å². The minimum Gasteiger partial charge on any atom is -0.494 e. The molecule has 0 fully saturated rings. The summed E-state index contributed by atoms with van der Waals surface area (Å²) in [6.07, 6.45) is 3.99. The summed E-state index contributed by atoms with van der Waals surface area (Å²) in [5.74, 6) is 1.62. The monoisotopic (exact) mass is 400 g/mol. The smallest absolute Gasteiger partial charge is 0.250 e. The van der Waals surface area contributed by atoms with Crippen LogP contribution >= 0.6 is 12.2 Å². The fourth-order valence-corrected chi connectivity index (χ4v) is 2.55. The van der Waals surface area contributed by atoms with E-state index in [4.69, 9.17) is 26.4 Å². The number of benzene rings is 2. The Kier molecular flexibility index (Phi) is 8.30. The Hall–Kier alpha value is -3.06. The maximum atomic E-state index is 12.1. The molecule has 0 saturated carbocycles. The number of nitrogens with one attached hydrogen (secondary N) is 2. The van der Waals surface area contributed by atoms with E-state index in [0.29, 0.717) is 18.1 Å². The molecule has 6 nitrogen and oxygen atoms in total. The van der Waals surface area contributed by atoms with Gasteiger partial charge >= 0.3 is 0 Å². The fourth-order valence-electron chi connectivity index (χ4n) is 2.33. The van der Waals surface area contributed by atoms with Gasteiger partial charge in [0, 0.05) is 17.8 Å². The van der Waals surface area contributed by atoms with Gasteiger partial charge in [-0.25, -0.2) is 0 Å². The van der Waals surface area contributed by atoms with Gasteiger partial charge in [0.25, 0.3) is 0 Å². The van der Waals surface area contributed by atoms with Gasteiger partial charge < -0.3 is 19.5 Å². The van der Waals surface area contributed by atoms with Gasteiger partial charge in [0.05, 0.1) is 20.8 Å². The van der Waals surface area contributed by atoms with Crippen molar-refractivity contribution in [2.75, 3.05) is 26.1 Å². The number of ether oxygens (including phenoxy) is 3. The molecule has 1 amide bonds. The lowest BCUT2D eigenvalue weighted by Gasteiger charge is -2.10. The Morgan fingerprint density at radius 3 is 2.61 bits per heavy atom. The molecule has 148 valence electrons. The first-order chi connectivity index (χ1) is 13.5. The average Bonchev–Trinajstić information content (AvgIpc) is 2.70. The molecule has 0 radical (unpaired) electrons. The molecule has 0 aromatic heterocycles. The van der Waals surface area contributed by atoms with Crippen LogP contribution in [0.1, 0.15) is 18.9 Å². The van der Waals surface area contributed by atoms with Gasteiger partial charge in [-0.1, -0.05) is 19.1 Å². The van der Waals surface area contributed by atoms with Crippen LogP contribution in [-0.2, 0) is 4.79 Å². The summed E-state index contributed by atoms with van der Waals surface area (Å²) < 4.78 is 16.0. The van der Waals surface area contributed by atoms with Crippen LogP contribution in [0.25, 0.3) is 6.08 Å². The summed E-state index contributed by atoms with van der Waals surface area (Å²) in [7, 11) is 3.13. The van der Waals surface area contributed by atoms with Gasteiger partial charge in [0.2, 0.25) is 5.91 Å². The highest BCUT2D eigenvalue weighted by molar-refractivity contribution is 7.80. The van der Waals surface area contributed by atoms with Crippen LogP contribution in [0.3, 0.4) is 0 Å². The van der Waals surface area contributed by atoms with Crippen molar-refractivity contribution >= 4 is 35.0 Å². The normalized spacial score (nSPS) is 10.4. The number of rotatable bonds is 8. The Balaban J connectivity index is 1.92. The van der Waals surface area contributed by atoms with Crippen LogP contribution in [-0.4, -0.2) is 31.8 Å². The minimum absolute atomic E-state index is 0.203. The Morgan fingerprint density at radius 1 is 1.11 bits per heavy atom. The van der Waals surface area contributed by atoms with Crippen molar-refractivity contribution in [2.45, 2.75) is 13.3 Å². The summed E-state index contributed by atoms with van der Waals surface area (Å²) in [5.41, 5.74) is 1.54. The summed E-state index contributed by atoms with van der Waals surface area (Å²) in [6, 6.07) is 12.8. The van der Waals surface area contributed by atoms with Crippen molar-refractivity contribution in [2.24, 2.45) is 0 Å². The second-order valence-electron chi connectivity index (χ2n) is 5.77. The predicted molar refractivity (Wildman–Crippen MR) is 115 cm³/mol. The number of anilines is 1. The number of methoxy groups -OCH3 is 2. The second kappa shape index (κ2) is 10.9. The van der Waals surface area contributed by atoms with E-state index in [9.17, 15) is 4.79 Å². The zero-order valence-electron chi connectivity index (χ0n) is 16.2. The third-order valence-electron chi connectivity index (χ3n) is 3.64. The molecule has 0 unspecified atom stereocenters. The maximum Gasteiger partial charge on any atom is 0.250 e. The molecule has 2 rings (SSSR count). The highest BCUT2D eigenvalue weighted by Crippen LogP contribution is 2.27. The topological polar surface area (TPSA) is 68.8 Å². The van der Waals surface area contributed by atoms with Crippen LogP contribution < -0.4 is 24.8 Å². The SMILES string of the molecule is CCCOc1cccc(NC(=S)NC(=O)/C=C/c2ccc(OC)c(OC)c2)c1. The van der Waals surface area contributed by atoms with E-state index >= 15 is 0 Å². The lowest BCUT2D eigenvalue weighted by Crippen LogP contribution is -2.32. The molecule has 0 spiro atoms. The first kappa shape index (κ1) is 21.2. The van der Waals surface area contributed by atoms with Crippen molar-refractivity contribution in [1.29, 1.82) is 0 Å². The minimum atomic E-state index is -0.342. The summed E-state index contributed by atoms with van der Waals surface area (Å²) >= 11 is 5.19. The predicted octanol–water partition coefficient (Wildman–Crippen LogP) is 4.02. The largest absolute Gasteiger partial charge is 0.494 e. The summed E-state index contributed by atoms with van der Waals surface area (Å²) in [6.45, 7) is 2.69. The number of thiocarbonyl (C=S) groups is 1. The zero-order valence-corrected chi connectivity index (χ0v) is 17.0. The Morgan fingerprint density at radius 2 is 1.89 bits per heavy atom. The lowest BCUT2D eigenvalue weighted by atomic mass is 10.2. The molecular formula is C21H24N2O4S. The molecule has 0 bridgehead atoms. The van der Waals surface area contributed by atoms with E-state index in [1.807, 2.05) is 37.3 Å². The van der Waals surface area contributed by atoms with Crippen LogP contribution in [0.15, 0.2) is 48.5 Å². The van der Waals surface area contributed by atoms with Crippen molar-refractivity contribution in [3.05, 3.63) is 54.1 Å². The Labute approximate surface area is 170 Å². The zero-order chi connectivity index (χ0) is 20.4. The summed E-state index contributed by atoms with van der Waals surface area (Å²) in [4.78, 5) is 12.1. The standard InChI is InChI=1S/C21H24N2O4S/c1-4-12-27-17-7-5-6-16(14-17)22-21(28)23-20(24)11-9-15-8-10-18(25-2)19(13-15)26-3/h5-11,13-14H,4,12H2,1-3H3,(H2,22,23,24,28)/b11-9+. The van der Waals surface area contributed by atoms with Crippen LogP contribution in [0.5, 0.6) is 17.2 Å². The van der Waals surface area contributed by atoms with E-state index in [-0.39, 0.29) is 11.0 Å². The number of amides is 1. The quantitative estimate of drug-likeness (QED) is 0.515. The van der Waals surface area contributed by atoms with Gasteiger partial charge in [-0.15, -0.1) is 0 Å². The number of carbonyl (C=O) groups is 1. The number of hydrogen-bond donors (Lipinski definition) is 2. The molecular weight excluding hydrogens is 376 g/mol. The van der Waals surface area contributed by atoms with Crippen molar-refractivity contribution in [3.8, 4) is 17.2 Å². The summed E-state index contributed by atoms with van der Waals surface area (Å²) in [5, 5.41) is 5.78. The van der Waals surface area contributed by atoms with E-state index in [1.54, 1.807) is 32.4 Å². The molecule has 0 saturated heterocycles. The fraction of sp³-hybridized carbons (Fsp3) is 0.238. The van der Waals surface area contributed by atoms with Gasteiger partial charge in [-0.3, -0.25) is 10.1 Å². The first-order valence-electron chi connectivity index (χ1n) is 8.80. The van der Waals surface area contributed by atoms with Crippen LogP contribution in [0, 0.1) is 0 Å². The average molecular weight is 401 g/mol. The van der Waals surface area contributed by atoms with Gasteiger partial charge in [-0.2, -0.15) is 0 Å². The molecule has 28 heavy (non-hydrogen) atoms. The highest BCUT2D eigenvalue weighted by Gasteiger charge is 2.05. The Bertz CT molecular complexity index is 852. The lowest BCUT2D eigenvalue weighted by molar-refractivity contribution is -0.115. The molecule has 0 heterocycles. The molecule has 0 aliphatic heterocycles. The molecule has 2 aromatic carbocycles.